The molecule has 0 unspecified atom stereocenters. The molecule has 162 valence electrons. The maximum absolute atomic E-state index is 12.4. The van der Waals surface area contributed by atoms with Gasteiger partial charge >= 0.3 is 11.7 Å². The number of nitrogen functional groups attached to an aromatic ring is 1. The third-order valence-electron chi connectivity index (χ3n) is 5.34. The van der Waals surface area contributed by atoms with Crippen molar-refractivity contribution < 1.29 is 9.47 Å². The summed E-state index contributed by atoms with van der Waals surface area (Å²) in [5.41, 5.74) is 6.81. The average Bonchev–Trinajstić information content (AvgIpc) is 3.01. The van der Waals surface area contributed by atoms with E-state index in [2.05, 4.69) is 27.2 Å². The molecule has 0 bridgehead atoms. The third kappa shape index (κ3) is 5.93. The minimum absolute atomic E-state index is 0.000749. The van der Waals surface area contributed by atoms with Gasteiger partial charge in [0.1, 0.15) is 5.52 Å². The van der Waals surface area contributed by atoms with E-state index in [1.165, 1.54) is 0 Å². The molecule has 1 aliphatic heterocycles. The number of H-pyrrole nitrogens is 1. The fourth-order valence-corrected chi connectivity index (χ4v) is 3.72. The summed E-state index contributed by atoms with van der Waals surface area (Å²) in [6, 6.07) is 0.803. The summed E-state index contributed by atoms with van der Waals surface area (Å²) in [4.78, 5) is 23.8. The topological polar surface area (TPSA) is 120 Å². The van der Waals surface area contributed by atoms with Gasteiger partial charge in [0.2, 0.25) is 0 Å². The number of aromatic nitrogens is 4. The second-order valence-corrected chi connectivity index (χ2v) is 7.79. The van der Waals surface area contributed by atoms with Gasteiger partial charge in [0.05, 0.1) is 6.10 Å². The van der Waals surface area contributed by atoms with Gasteiger partial charge in [-0.15, -0.1) is 0 Å². The van der Waals surface area contributed by atoms with Crippen LogP contribution in [-0.4, -0.2) is 51.4 Å². The molecule has 1 atom stereocenters. The van der Waals surface area contributed by atoms with Gasteiger partial charge in [0.15, 0.2) is 11.5 Å². The van der Waals surface area contributed by atoms with Crippen LogP contribution < -0.4 is 21.5 Å². The summed E-state index contributed by atoms with van der Waals surface area (Å²) in [6.45, 7) is 7.38. The van der Waals surface area contributed by atoms with Crippen molar-refractivity contribution in [3.63, 3.8) is 0 Å². The van der Waals surface area contributed by atoms with Crippen LogP contribution >= 0.6 is 0 Å². The number of aromatic amines is 1. The van der Waals surface area contributed by atoms with Gasteiger partial charge in [0.25, 0.3) is 0 Å². The molecular weight excluding hydrogens is 372 g/mol. The van der Waals surface area contributed by atoms with Gasteiger partial charge in [-0.2, -0.15) is 9.97 Å². The largest absolute Gasteiger partial charge is 0.460 e. The Labute approximate surface area is 171 Å². The van der Waals surface area contributed by atoms with Crippen molar-refractivity contribution in [3.8, 4) is 6.01 Å². The molecule has 0 aromatic carbocycles. The lowest BCUT2D eigenvalue weighted by Gasteiger charge is -2.23. The molecule has 0 saturated carbocycles. The highest BCUT2D eigenvalue weighted by Crippen LogP contribution is 2.19. The van der Waals surface area contributed by atoms with Crippen molar-refractivity contribution in [2.75, 3.05) is 25.5 Å². The van der Waals surface area contributed by atoms with Gasteiger partial charge in [-0.05, 0) is 45.6 Å². The molecule has 1 fully saturated rings. The number of fused-ring (bicyclic) bond motifs is 1. The summed E-state index contributed by atoms with van der Waals surface area (Å²) < 4.78 is 12.8. The molecule has 3 heterocycles. The van der Waals surface area contributed by atoms with E-state index in [-0.39, 0.29) is 23.6 Å². The number of nitrogens with zero attached hydrogens (tertiary/aromatic N) is 3. The Bertz CT molecular complexity index is 827. The van der Waals surface area contributed by atoms with Crippen LogP contribution in [0.5, 0.6) is 6.01 Å². The molecular formula is C20H34N6O3. The number of rotatable bonds is 11. The maximum Gasteiger partial charge on any atom is 0.327 e. The van der Waals surface area contributed by atoms with E-state index in [1.54, 1.807) is 4.57 Å². The summed E-state index contributed by atoms with van der Waals surface area (Å²) >= 11 is 0. The number of hydrogen-bond donors (Lipinski definition) is 3. The monoisotopic (exact) mass is 406 g/mol. The van der Waals surface area contributed by atoms with E-state index in [0.717, 1.165) is 64.7 Å². The first-order valence-electron chi connectivity index (χ1n) is 10.8. The number of hydrogen-bond acceptors (Lipinski definition) is 7. The Morgan fingerprint density at radius 1 is 1.31 bits per heavy atom. The zero-order valence-electron chi connectivity index (χ0n) is 17.6. The number of aryl methyl sites for hydroxylation is 1. The van der Waals surface area contributed by atoms with Crippen LogP contribution in [0.1, 0.15) is 58.8 Å². The lowest BCUT2D eigenvalue weighted by Crippen LogP contribution is -2.35. The standard InChI is InChI=1S/C20H34N6O3/c1-3-7-14(2)29-19-24-17(21)16-18(25-19)26(20(27)23-16)11-6-4-5-10-22-15-8-12-28-13-9-15/h14-15,22H,3-13H2,1-2H3,(H,23,27)(H2,21,24,25)/t14-/m0/s1. The van der Waals surface area contributed by atoms with E-state index in [4.69, 9.17) is 15.2 Å². The minimum Gasteiger partial charge on any atom is -0.460 e. The highest BCUT2D eigenvalue weighted by molar-refractivity contribution is 5.81. The predicted octanol–water partition coefficient (Wildman–Crippen LogP) is 2.21. The Kier molecular flexibility index (Phi) is 7.88. The van der Waals surface area contributed by atoms with Crippen LogP contribution in [0, 0.1) is 0 Å². The number of anilines is 1. The normalized spacial score (nSPS) is 16.3. The van der Waals surface area contributed by atoms with Crippen LogP contribution in [0.4, 0.5) is 5.82 Å². The molecule has 0 amide bonds. The molecule has 3 rings (SSSR count). The van der Waals surface area contributed by atoms with Gasteiger partial charge < -0.3 is 25.5 Å². The number of imidazole rings is 1. The Morgan fingerprint density at radius 3 is 2.86 bits per heavy atom. The Morgan fingerprint density at radius 2 is 2.10 bits per heavy atom. The van der Waals surface area contributed by atoms with E-state index in [0.29, 0.717) is 23.8 Å². The van der Waals surface area contributed by atoms with Crippen LogP contribution in [0.15, 0.2) is 4.79 Å². The molecule has 1 saturated heterocycles. The number of nitrogens with one attached hydrogen (secondary N) is 2. The van der Waals surface area contributed by atoms with Crippen LogP contribution in [-0.2, 0) is 11.3 Å². The van der Waals surface area contributed by atoms with E-state index in [9.17, 15) is 4.79 Å². The van der Waals surface area contributed by atoms with Crippen molar-refractivity contribution >= 4 is 17.0 Å². The van der Waals surface area contributed by atoms with Crippen LogP contribution in [0.25, 0.3) is 11.2 Å². The lowest BCUT2D eigenvalue weighted by atomic mass is 10.1. The molecule has 0 radical (unpaired) electrons. The fourth-order valence-electron chi connectivity index (χ4n) is 3.72. The van der Waals surface area contributed by atoms with E-state index >= 15 is 0 Å². The van der Waals surface area contributed by atoms with Crippen molar-refractivity contribution in [1.29, 1.82) is 0 Å². The zero-order chi connectivity index (χ0) is 20.6. The second-order valence-electron chi connectivity index (χ2n) is 7.79. The molecule has 1 aliphatic rings. The molecule has 2 aromatic heterocycles. The smallest absolute Gasteiger partial charge is 0.327 e. The predicted molar refractivity (Wildman–Crippen MR) is 113 cm³/mol. The molecule has 0 spiro atoms. The number of nitrogens with two attached hydrogens (primary N) is 1. The first kappa shape index (κ1) is 21.6. The summed E-state index contributed by atoms with van der Waals surface area (Å²) in [5.74, 6) is 0.241. The van der Waals surface area contributed by atoms with Crippen molar-refractivity contribution in [3.05, 3.63) is 10.5 Å². The van der Waals surface area contributed by atoms with Gasteiger partial charge in [0, 0.05) is 25.8 Å². The quantitative estimate of drug-likeness (QED) is 0.489. The molecule has 2 aromatic rings. The van der Waals surface area contributed by atoms with Crippen molar-refractivity contribution in [2.45, 2.75) is 77.5 Å². The Balaban J connectivity index is 1.54. The number of unbranched alkanes of at least 4 members (excludes halogenated alkanes) is 2. The minimum atomic E-state index is -0.208. The van der Waals surface area contributed by atoms with Crippen LogP contribution in [0.3, 0.4) is 0 Å². The first-order valence-corrected chi connectivity index (χ1v) is 10.8. The summed E-state index contributed by atoms with van der Waals surface area (Å²) in [7, 11) is 0. The second kappa shape index (κ2) is 10.6. The third-order valence-corrected chi connectivity index (χ3v) is 5.34. The molecule has 4 N–H and O–H groups in total. The lowest BCUT2D eigenvalue weighted by molar-refractivity contribution is 0.0780. The van der Waals surface area contributed by atoms with Gasteiger partial charge in [-0.3, -0.25) is 4.57 Å². The highest BCUT2D eigenvalue weighted by atomic mass is 16.5. The molecule has 0 aliphatic carbocycles. The van der Waals surface area contributed by atoms with Crippen LogP contribution in [0.2, 0.25) is 0 Å². The van der Waals surface area contributed by atoms with Gasteiger partial charge in [-0.25, -0.2) is 4.79 Å². The highest BCUT2D eigenvalue weighted by Gasteiger charge is 2.16. The summed E-state index contributed by atoms with van der Waals surface area (Å²) in [5, 5.41) is 3.59. The van der Waals surface area contributed by atoms with Gasteiger partial charge in [-0.1, -0.05) is 19.8 Å². The van der Waals surface area contributed by atoms with Crippen molar-refractivity contribution in [1.82, 2.24) is 24.8 Å². The SMILES string of the molecule is CCC[C@H](C)Oc1nc(N)c2[nH]c(=O)n(CCCCCNC3CCOCC3)c2n1. The van der Waals surface area contributed by atoms with E-state index < -0.39 is 0 Å². The maximum atomic E-state index is 12.4. The fraction of sp³-hybridized carbons (Fsp3) is 0.750. The number of ether oxygens (including phenoxy) is 2. The molecule has 9 nitrogen and oxygen atoms in total. The summed E-state index contributed by atoms with van der Waals surface area (Å²) in [6.07, 6.45) is 7.11. The molecule has 9 heteroatoms. The molecule has 29 heavy (non-hydrogen) atoms. The van der Waals surface area contributed by atoms with Crippen molar-refractivity contribution in [2.24, 2.45) is 0 Å². The average molecular weight is 407 g/mol. The Hall–Kier alpha value is -2.13. The zero-order valence-corrected chi connectivity index (χ0v) is 17.6. The van der Waals surface area contributed by atoms with E-state index in [1.807, 2.05) is 6.92 Å². The first-order chi connectivity index (χ1) is 14.1.